The van der Waals surface area contributed by atoms with Crippen molar-refractivity contribution in [3.63, 3.8) is 0 Å². The number of hydrogen-bond acceptors (Lipinski definition) is 9. The Morgan fingerprint density at radius 2 is 1.84 bits per heavy atom. The highest BCUT2D eigenvalue weighted by Gasteiger charge is 2.37. The highest BCUT2D eigenvalue weighted by atomic mass is 32.2. The van der Waals surface area contributed by atoms with Crippen LogP contribution in [-0.4, -0.2) is 67.0 Å². The van der Waals surface area contributed by atoms with Gasteiger partial charge in [0, 0.05) is 32.1 Å². The molecule has 2 amide bonds. The summed E-state index contributed by atoms with van der Waals surface area (Å²) in [6.07, 6.45) is 7.54. The van der Waals surface area contributed by atoms with Gasteiger partial charge in [-0.1, -0.05) is 17.3 Å². The zero-order valence-corrected chi connectivity index (χ0v) is 21.3. The van der Waals surface area contributed by atoms with E-state index in [4.69, 9.17) is 9.57 Å². The number of anilines is 2. The summed E-state index contributed by atoms with van der Waals surface area (Å²) in [6.45, 7) is 0.588. The number of aromatic nitrogens is 2. The van der Waals surface area contributed by atoms with Gasteiger partial charge in [0.1, 0.15) is 6.10 Å². The Morgan fingerprint density at radius 3 is 2.43 bits per heavy atom. The summed E-state index contributed by atoms with van der Waals surface area (Å²) in [5.41, 5.74) is 0.387. The van der Waals surface area contributed by atoms with Crippen LogP contribution in [0.3, 0.4) is 0 Å². The van der Waals surface area contributed by atoms with Crippen molar-refractivity contribution in [3.8, 4) is 0 Å². The topological polar surface area (TPSA) is 140 Å². The van der Waals surface area contributed by atoms with Crippen LogP contribution in [0.2, 0.25) is 0 Å². The third kappa shape index (κ3) is 5.64. The van der Waals surface area contributed by atoms with Crippen molar-refractivity contribution in [2.75, 3.05) is 23.9 Å². The first-order valence-electron chi connectivity index (χ1n) is 12.4. The molecule has 0 radical (unpaired) electrons. The predicted octanol–water partition coefficient (Wildman–Crippen LogP) is 2.47. The summed E-state index contributed by atoms with van der Waals surface area (Å²) < 4.78 is 30.5. The third-order valence-corrected chi connectivity index (χ3v) is 9.11. The van der Waals surface area contributed by atoms with Gasteiger partial charge in [-0.3, -0.25) is 14.5 Å². The van der Waals surface area contributed by atoms with E-state index in [0.717, 1.165) is 19.3 Å². The SMILES string of the molecule is CO[C@@H]1CC[C@@H](O/N=C(/C(=O)Nc2cnc(N3CCCC3=O)cn2)c2ccc(S(=O)(=O)C3CC3)cc2)C1. The first kappa shape index (κ1) is 25.3. The number of amides is 2. The number of nitrogens with zero attached hydrogens (tertiary/aromatic N) is 4. The van der Waals surface area contributed by atoms with E-state index in [1.54, 1.807) is 24.1 Å². The maximum absolute atomic E-state index is 13.2. The largest absolute Gasteiger partial charge is 0.392 e. The number of benzene rings is 1. The van der Waals surface area contributed by atoms with E-state index in [-0.39, 0.29) is 39.8 Å². The molecule has 2 atom stereocenters. The van der Waals surface area contributed by atoms with Crippen molar-refractivity contribution >= 4 is 39.0 Å². The van der Waals surface area contributed by atoms with Crippen LogP contribution in [0.25, 0.3) is 0 Å². The Morgan fingerprint density at radius 1 is 1.08 bits per heavy atom. The number of nitrogens with one attached hydrogen (secondary N) is 1. The lowest BCUT2D eigenvalue weighted by Crippen LogP contribution is -2.27. The summed E-state index contributed by atoms with van der Waals surface area (Å²) in [4.78, 5) is 41.1. The molecule has 2 heterocycles. The monoisotopic (exact) mass is 527 g/mol. The van der Waals surface area contributed by atoms with Crippen molar-refractivity contribution < 1.29 is 27.6 Å². The molecule has 1 aromatic heterocycles. The summed E-state index contributed by atoms with van der Waals surface area (Å²) in [5.74, 6) is 0.0197. The molecular weight excluding hydrogens is 498 g/mol. The Kier molecular flexibility index (Phi) is 7.20. The highest BCUT2D eigenvalue weighted by molar-refractivity contribution is 7.92. The quantitative estimate of drug-likeness (QED) is 0.387. The van der Waals surface area contributed by atoms with Crippen molar-refractivity contribution in [1.29, 1.82) is 0 Å². The van der Waals surface area contributed by atoms with Crippen LogP contribution in [-0.2, 0) is 29.0 Å². The van der Waals surface area contributed by atoms with Gasteiger partial charge in [-0.05, 0) is 44.2 Å². The molecule has 3 fully saturated rings. The van der Waals surface area contributed by atoms with Crippen LogP contribution in [0.5, 0.6) is 0 Å². The number of sulfone groups is 1. The maximum Gasteiger partial charge on any atom is 0.279 e. The molecule has 196 valence electrons. The molecule has 1 N–H and O–H groups in total. The molecule has 0 spiro atoms. The van der Waals surface area contributed by atoms with Crippen LogP contribution in [0.1, 0.15) is 50.5 Å². The molecule has 11 nitrogen and oxygen atoms in total. The normalized spacial score (nSPS) is 22.4. The lowest BCUT2D eigenvalue weighted by atomic mass is 10.1. The van der Waals surface area contributed by atoms with E-state index in [9.17, 15) is 18.0 Å². The fourth-order valence-electron chi connectivity index (χ4n) is 4.53. The van der Waals surface area contributed by atoms with E-state index in [0.29, 0.717) is 43.6 Å². The maximum atomic E-state index is 13.2. The molecule has 2 aromatic rings. The van der Waals surface area contributed by atoms with Crippen molar-refractivity contribution in [1.82, 2.24) is 9.97 Å². The van der Waals surface area contributed by atoms with Gasteiger partial charge in [0.05, 0.1) is 28.6 Å². The standard InChI is InChI=1S/C25H29N5O6S/c1-35-17-6-7-18(13-17)36-29-24(16-4-8-19(9-5-16)37(33,34)20-10-11-20)25(32)28-21-14-27-22(15-26-21)30-12-2-3-23(30)31/h4-5,8-9,14-15,17-18,20H,2-3,6-7,10-13H2,1H3,(H,26,28,32)/b29-24+/t17-,18-/m1/s1. The fourth-order valence-corrected chi connectivity index (χ4v) is 6.18. The summed E-state index contributed by atoms with van der Waals surface area (Å²) in [7, 11) is -1.71. The molecule has 1 saturated heterocycles. The summed E-state index contributed by atoms with van der Waals surface area (Å²) in [5, 5.41) is 6.51. The number of carbonyl (C=O) groups excluding carboxylic acids is 2. The van der Waals surface area contributed by atoms with Crippen molar-refractivity contribution in [2.45, 2.75) is 67.3 Å². The number of rotatable bonds is 9. The van der Waals surface area contributed by atoms with Crippen LogP contribution in [0, 0.1) is 0 Å². The first-order valence-corrected chi connectivity index (χ1v) is 13.9. The van der Waals surface area contributed by atoms with Crippen LogP contribution in [0.4, 0.5) is 11.6 Å². The number of oxime groups is 1. The van der Waals surface area contributed by atoms with Gasteiger partial charge in [0.2, 0.25) is 5.91 Å². The number of hydrogen-bond donors (Lipinski definition) is 1. The fraction of sp³-hybridized carbons (Fsp3) is 0.480. The number of ether oxygens (including phenoxy) is 1. The average Bonchev–Trinajstić information content (AvgIpc) is 3.54. The van der Waals surface area contributed by atoms with Crippen molar-refractivity contribution in [3.05, 3.63) is 42.2 Å². The Labute approximate surface area is 215 Å². The van der Waals surface area contributed by atoms with Crippen molar-refractivity contribution in [2.24, 2.45) is 5.16 Å². The molecule has 1 aliphatic heterocycles. The van der Waals surface area contributed by atoms with Crippen LogP contribution < -0.4 is 10.2 Å². The highest BCUT2D eigenvalue weighted by Crippen LogP contribution is 2.33. The summed E-state index contributed by atoms with van der Waals surface area (Å²) >= 11 is 0. The molecule has 1 aromatic carbocycles. The van der Waals surface area contributed by atoms with Crippen LogP contribution in [0.15, 0.2) is 46.7 Å². The lowest BCUT2D eigenvalue weighted by molar-refractivity contribution is -0.117. The molecule has 2 saturated carbocycles. The van der Waals surface area contributed by atoms with E-state index in [1.807, 2.05) is 0 Å². The van der Waals surface area contributed by atoms with E-state index >= 15 is 0 Å². The average molecular weight is 528 g/mol. The van der Waals surface area contributed by atoms with Gasteiger partial charge in [-0.15, -0.1) is 0 Å². The number of carbonyl (C=O) groups is 2. The van der Waals surface area contributed by atoms with E-state index < -0.39 is 15.7 Å². The third-order valence-electron chi connectivity index (χ3n) is 6.83. The molecule has 12 heteroatoms. The van der Waals surface area contributed by atoms with Crippen LogP contribution >= 0.6 is 0 Å². The zero-order chi connectivity index (χ0) is 26.0. The molecule has 0 bridgehead atoms. The Hall–Kier alpha value is -3.38. The second-order valence-corrected chi connectivity index (χ2v) is 11.7. The van der Waals surface area contributed by atoms with Gasteiger partial charge in [-0.2, -0.15) is 0 Å². The molecule has 5 rings (SSSR count). The second kappa shape index (κ2) is 10.5. The lowest BCUT2D eigenvalue weighted by Gasteiger charge is -2.14. The van der Waals surface area contributed by atoms with E-state index in [2.05, 4.69) is 20.4 Å². The molecular formula is C25H29N5O6S. The summed E-state index contributed by atoms with van der Waals surface area (Å²) in [6, 6.07) is 6.09. The number of methoxy groups -OCH3 is 1. The molecule has 37 heavy (non-hydrogen) atoms. The Bertz CT molecular complexity index is 1290. The minimum Gasteiger partial charge on any atom is -0.392 e. The molecule has 0 unspecified atom stereocenters. The predicted molar refractivity (Wildman–Crippen MR) is 135 cm³/mol. The van der Waals surface area contributed by atoms with Gasteiger partial charge in [0.15, 0.2) is 27.2 Å². The van der Waals surface area contributed by atoms with Gasteiger partial charge >= 0.3 is 0 Å². The van der Waals surface area contributed by atoms with E-state index in [1.165, 1.54) is 24.5 Å². The molecule has 3 aliphatic rings. The minimum atomic E-state index is -3.36. The van der Waals surface area contributed by atoms with Gasteiger partial charge in [0.25, 0.3) is 5.91 Å². The smallest absolute Gasteiger partial charge is 0.279 e. The first-order chi connectivity index (χ1) is 17.8. The zero-order valence-electron chi connectivity index (χ0n) is 20.5. The molecule has 2 aliphatic carbocycles. The Balaban J connectivity index is 1.35. The van der Waals surface area contributed by atoms with Gasteiger partial charge in [-0.25, -0.2) is 18.4 Å². The second-order valence-electron chi connectivity index (χ2n) is 9.47. The minimum absolute atomic E-state index is 0.00701. The van der Waals surface area contributed by atoms with Gasteiger partial charge < -0.3 is 14.9 Å².